The van der Waals surface area contributed by atoms with Crippen LogP contribution in [0.3, 0.4) is 0 Å². The molecule has 0 aliphatic rings. The van der Waals surface area contributed by atoms with Crippen molar-refractivity contribution in [2.75, 3.05) is 13.7 Å². The molecular weight excluding hydrogens is 186 g/mol. The Morgan fingerprint density at radius 1 is 1.20 bits per heavy atom. The summed E-state index contributed by atoms with van der Waals surface area (Å²) in [6.07, 6.45) is 0. The van der Waals surface area contributed by atoms with Crippen LogP contribution in [0.2, 0.25) is 0 Å². The van der Waals surface area contributed by atoms with Crippen LogP contribution in [0.25, 0.3) is 0 Å². The van der Waals surface area contributed by atoms with Crippen LogP contribution < -0.4 is 10.5 Å². The van der Waals surface area contributed by atoms with Gasteiger partial charge in [0.05, 0.1) is 7.11 Å². The summed E-state index contributed by atoms with van der Waals surface area (Å²) in [4.78, 5) is 0. The average molecular weight is 207 g/mol. The molecule has 1 atom stereocenters. The highest BCUT2D eigenvalue weighted by molar-refractivity contribution is 5.30. The van der Waals surface area contributed by atoms with E-state index < -0.39 is 0 Å². The van der Waals surface area contributed by atoms with E-state index in [1.54, 1.807) is 7.11 Å². The van der Waals surface area contributed by atoms with Crippen molar-refractivity contribution in [2.45, 2.75) is 26.7 Å². The predicted molar refractivity (Wildman–Crippen MR) is 64.2 cm³/mol. The third-order valence-electron chi connectivity index (χ3n) is 2.80. The van der Waals surface area contributed by atoms with Crippen molar-refractivity contribution in [2.24, 2.45) is 11.1 Å². The second-order valence-corrected chi connectivity index (χ2v) is 4.93. The maximum atomic E-state index is 5.83. The molecule has 0 radical (unpaired) electrons. The van der Waals surface area contributed by atoms with E-state index in [-0.39, 0.29) is 5.41 Å². The lowest BCUT2D eigenvalue weighted by Gasteiger charge is -2.30. The molecule has 0 saturated carbocycles. The molecule has 0 aliphatic heterocycles. The van der Waals surface area contributed by atoms with Crippen molar-refractivity contribution >= 4 is 0 Å². The second-order valence-electron chi connectivity index (χ2n) is 4.93. The van der Waals surface area contributed by atoms with Gasteiger partial charge in [-0.25, -0.2) is 0 Å². The van der Waals surface area contributed by atoms with Crippen LogP contribution in [0.15, 0.2) is 24.3 Å². The minimum atomic E-state index is 0.198. The number of rotatable bonds is 3. The van der Waals surface area contributed by atoms with Gasteiger partial charge in [0.2, 0.25) is 0 Å². The Bertz CT molecular complexity index is 297. The maximum absolute atomic E-state index is 5.83. The molecule has 0 bridgehead atoms. The Morgan fingerprint density at radius 2 is 1.73 bits per heavy atom. The van der Waals surface area contributed by atoms with Gasteiger partial charge in [0.25, 0.3) is 0 Å². The number of hydrogen-bond donors (Lipinski definition) is 1. The Morgan fingerprint density at radius 3 is 2.07 bits per heavy atom. The zero-order valence-corrected chi connectivity index (χ0v) is 10.1. The van der Waals surface area contributed by atoms with Crippen molar-refractivity contribution in [3.8, 4) is 5.75 Å². The second kappa shape index (κ2) is 4.67. The summed E-state index contributed by atoms with van der Waals surface area (Å²) in [5.41, 5.74) is 7.31. The summed E-state index contributed by atoms with van der Waals surface area (Å²) >= 11 is 0. The third kappa shape index (κ3) is 2.96. The Balaban J connectivity index is 2.93. The molecule has 1 rings (SSSR count). The molecule has 0 fully saturated rings. The first kappa shape index (κ1) is 12.1. The number of ether oxygens (including phenoxy) is 1. The minimum Gasteiger partial charge on any atom is -0.497 e. The number of nitrogens with two attached hydrogens (primary N) is 1. The SMILES string of the molecule is COc1ccc(C(CN)C(C)(C)C)cc1. The van der Waals surface area contributed by atoms with Gasteiger partial charge in [-0.05, 0) is 29.7 Å². The van der Waals surface area contributed by atoms with Gasteiger partial charge in [-0.2, -0.15) is 0 Å². The van der Waals surface area contributed by atoms with Crippen LogP contribution in [0.5, 0.6) is 5.75 Å². The molecule has 0 aliphatic carbocycles. The summed E-state index contributed by atoms with van der Waals surface area (Å²) in [6.45, 7) is 7.33. The quantitative estimate of drug-likeness (QED) is 0.827. The molecule has 0 heterocycles. The lowest BCUT2D eigenvalue weighted by Crippen LogP contribution is -2.25. The van der Waals surface area contributed by atoms with Gasteiger partial charge in [-0.15, -0.1) is 0 Å². The normalized spacial score (nSPS) is 13.7. The highest BCUT2D eigenvalue weighted by Crippen LogP contribution is 2.34. The van der Waals surface area contributed by atoms with Gasteiger partial charge in [-0.1, -0.05) is 32.9 Å². The molecule has 0 amide bonds. The van der Waals surface area contributed by atoms with Gasteiger partial charge in [0.15, 0.2) is 0 Å². The monoisotopic (exact) mass is 207 g/mol. The Kier molecular flexibility index (Phi) is 3.75. The molecule has 0 spiro atoms. The van der Waals surface area contributed by atoms with Crippen LogP contribution in [0.4, 0.5) is 0 Å². The fourth-order valence-corrected chi connectivity index (χ4v) is 1.83. The van der Waals surface area contributed by atoms with E-state index in [1.807, 2.05) is 12.1 Å². The van der Waals surface area contributed by atoms with Gasteiger partial charge < -0.3 is 10.5 Å². The zero-order valence-electron chi connectivity index (χ0n) is 10.1. The minimum absolute atomic E-state index is 0.198. The molecule has 1 aromatic carbocycles. The number of hydrogen-bond acceptors (Lipinski definition) is 2. The highest BCUT2D eigenvalue weighted by Gasteiger charge is 2.24. The molecular formula is C13H21NO. The molecule has 1 unspecified atom stereocenters. The summed E-state index contributed by atoms with van der Waals surface area (Å²) < 4.78 is 5.14. The van der Waals surface area contributed by atoms with Gasteiger partial charge >= 0.3 is 0 Å². The molecule has 2 N–H and O–H groups in total. The summed E-state index contributed by atoms with van der Waals surface area (Å²) in [7, 11) is 1.68. The summed E-state index contributed by atoms with van der Waals surface area (Å²) in [5.74, 6) is 1.28. The molecule has 15 heavy (non-hydrogen) atoms. The smallest absolute Gasteiger partial charge is 0.118 e. The molecule has 2 nitrogen and oxygen atoms in total. The number of methoxy groups -OCH3 is 1. The summed E-state index contributed by atoms with van der Waals surface area (Å²) in [5, 5.41) is 0. The van der Waals surface area contributed by atoms with E-state index >= 15 is 0 Å². The first-order chi connectivity index (χ1) is 6.99. The van der Waals surface area contributed by atoms with Crippen molar-refractivity contribution < 1.29 is 4.74 Å². The lowest BCUT2D eigenvalue weighted by atomic mass is 9.76. The van der Waals surface area contributed by atoms with Crippen LogP contribution in [0.1, 0.15) is 32.3 Å². The predicted octanol–water partition coefficient (Wildman–Crippen LogP) is 2.78. The molecule has 2 heteroatoms. The summed E-state index contributed by atoms with van der Waals surface area (Å²) in [6, 6.07) is 8.18. The Hall–Kier alpha value is -1.02. The molecule has 0 aromatic heterocycles. The average Bonchev–Trinajstić information content (AvgIpc) is 2.18. The van der Waals surface area contributed by atoms with Crippen molar-refractivity contribution in [1.29, 1.82) is 0 Å². The maximum Gasteiger partial charge on any atom is 0.118 e. The standard InChI is InChI=1S/C13H21NO/c1-13(2,3)12(9-14)10-5-7-11(15-4)8-6-10/h5-8,12H,9,14H2,1-4H3. The van der Waals surface area contributed by atoms with Crippen LogP contribution in [0, 0.1) is 5.41 Å². The highest BCUT2D eigenvalue weighted by atomic mass is 16.5. The van der Waals surface area contributed by atoms with E-state index in [0.717, 1.165) is 5.75 Å². The first-order valence-corrected chi connectivity index (χ1v) is 5.33. The van der Waals surface area contributed by atoms with Crippen molar-refractivity contribution in [3.05, 3.63) is 29.8 Å². The van der Waals surface area contributed by atoms with Gasteiger partial charge in [0, 0.05) is 5.92 Å². The fourth-order valence-electron chi connectivity index (χ4n) is 1.83. The van der Waals surface area contributed by atoms with Gasteiger partial charge in [-0.3, -0.25) is 0 Å². The first-order valence-electron chi connectivity index (χ1n) is 5.33. The molecule has 0 saturated heterocycles. The largest absolute Gasteiger partial charge is 0.497 e. The fraction of sp³-hybridized carbons (Fsp3) is 0.538. The van der Waals surface area contributed by atoms with E-state index in [9.17, 15) is 0 Å². The van der Waals surface area contributed by atoms with E-state index in [0.29, 0.717) is 12.5 Å². The zero-order chi connectivity index (χ0) is 11.5. The van der Waals surface area contributed by atoms with Crippen molar-refractivity contribution in [1.82, 2.24) is 0 Å². The van der Waals surface area contributed by atoms with Crippen molar-refractivity contribution in [3.63, 3.8) is 0 Å². The Labute approximate surface area is 92.4 Å². The topological polar surface area (TPSA) is 35.2 Å². The van der Waals surface area contributed by atoms with Crippen LogP contribution >= 0.6 is 0 Å². The molecule has 84 valence electrons. The lowest BCUT2D eigenvalue weighted by molar-refractivity contribution is 0.325. The van der Waals surface area contributed by atoms with E-state index in [2.05, 4.69) is 32.9 Å². The van der Waals surface area contributed by atoms with Crippen LogP contribution in [-0.4, -0.2) is 13.7 Å². The number of benzene rings is 1. The van der Waals surface area contributed by atoms with Crippen LogP contribution in [-0.2, 0) is 0 Å². The molecule has 1 aromatic rings. The van der Waals surface area contributed by atoms with E-state index in [1.165, 1.54) is 5.56 Å². The van der Waals surface area contributed by atoms with E-state index in [4.69, 9.17) is 10.5 Å². The third-order valence-corrected chi connectivity index (χ3v) is 2.80. The van der Waals surface area contributed by atoms with Gasteiger partial charge in [0.1, 0.15) is 5.75 Å².